The molecule has 2 rings (SSSR count). The van der Waals surface area contributed by atoms with E-state index in [1.165, 1.54) is 25.3 Å². The highest BCUT2D eigenvalue weighted by Gasteiger charge is 2.32. The molecular weight excluding hydrogens is 240 g/mol. The highest BCUT2D eigenvalue weighted by atomic mass is 16.5. The molecule has 0 aliphatic carbocycles. The van der Waals surface area contributed by atoms with Crippen LogP contribution in [0.4, 0.5) is 10.5 Å². The fourth-order valence-electron chi connectivity index (χ4n) is 1.66. The maximum absolute atomic E-state index is 11.6. The number of ether oxygens (including phenoxy) is 1. The van der Waals surface area contributed by atoms with Gasteiger partial charge in [-0.3, -0.25) is 4.79 Å². The van der Waals surface area contributed by atoms with Crippen LogP contribution in [0, 0.1) is 0 Å². The first-order valence-corrected chi connectivity index (χ1v) is 5.06. The molecular formula is C11H10N2O5. The molecule has 0 aromatic heterocycles. The zero-order valence-corrected chi connectivity index (χ0v) is 9.47. The lowest BCUT2D eigenvalue weighted by atomic mass is 10.1. The Morgan fingerprint density at radius 3 is 2.67 bits per heavy atom. The van der Waals surface area contributed by atoms with Gasteiger partial charge in [-0.25, -0.2) is 14.5 Å². The van der Waals surface area contributed by atoms with Crippen LogP contribution in [0.1, 0.15) is 10.4 Å². The quantitative estimate of drug-likeness (QED) is 0.759. The van der Waals surface area contributed by atoms with Crippen LogP contribution in [0.5, 0.6) is 5.75 Å². The Morgan fingerprint density at radius 1 is 1.44 bits per heavy atom. The summed E-state index contributed by atoms with van der Waals surface area (Å²) in [5.74, 6) is -1.35. The van der Waals surface area contributed by atoms with E-state index in [0.29, 0.717) is 0 Å². The number of carbonyl (C=O) groups excluding carboxylic acids is 2. The zero-order valence-electron chi connectivity index (χ0n) is 9.47. The largest absolute Gasteiger partial charge is 0.495 e. The second kappa shape index (κ2) is 4.36. The average molecular weight is 250 g/mol. The summed E-state index contributed by atoms with van der Waals surface area (Å²) >= 11 is 0. The summed E-state index contributed by atoms with van der Waals surface area (Å²) in [5, 5.41) is 11.3. The summed E-state index contributed by atoms with van der Waals surface area (Å²) in [7, 11) is 1.37. The van der Waals surface area contributed by atoms with Crippen LogP contribution in [0.3, 0.4) is 0 Å². The van der Waals surface area contributed by atoms with Crippen LogP contribution < -0.4 is 15.0 Å². The molecule has 0 atom stereocenters. The van der Waals surface area contributed by atoms with Crippen LogP contribution in [0.25, 0.3) is 0 Å². The van der Waals surface area contributed by atoms with Gasteiger partial charge in [0.2, 0.25) is 0 Å². The molecule has 3 amide bonds. The molecule has 1 aliphatic heterocycles. The molecule has 7 nitrogen and oxygen atoms in total. The number of hydrogen-bond donors (Lipinski definition) is 2. The number of aromatic carboxylic acids is 1. The highest BCUT2D eigenvalue weighted by Crippen LogP contribution is 2.30. The van der Waals surface area contributed by atoms with Crippen LogP contribution >= 0.6 is 0 Å². The van der Waals surface area contributed by atoms with Crippen molar-refractivity contribution < 1.29 is 24.2 Å². The number of benzene rings is 1. The Morgan fingerprint density at radius 2 is 2.17 bits per heavy atom. The summed E-state index contributed by atoms with van der Waals surface area (Å²) in [6.07, 6.45) is 0. The molecule has 0 radical (unpaired) electrons. The number of imide groups is 1. The number of rotatable bonds is 3. The van der Waals surface area contributed by atoms with Crippen molar-refractivity contribution in [1.82, 2.24) is 5.32 Å². The summed E-state index contributed by atoms with van der Waals surface area (Å²) in [6.45, 7) is -0.112. The maximum Gasteiger partial charge on any atom is 0.335 e. The molecule has 1 heterocycles. The first-order valence-electron chi connectivity index (χ1n) is 5.06. The maximum atomic E-state index is 11.6. The van der Waals surface area contributed by atoms with Crippen molar-refractivity contribution in [3.63, 3.8) is 0 Å². The van der Waals surface area contributed by atoms with E-state index in [4.69, 9.17) is 9.84 Å². The Labute approximate surface area is 102 Å². The number of urea groups is 1. The van der Waals surface area contributed by atoms with Crippen molar-refractivity contribution >= 4 is 23.6 Å². The second-order valence-electron chi connectivity index (χ2n) is 3.58. The van der Waals surface area contributed by atoms with Gasteiger partial charge in [0.25, 0.3) is 5.91 Å². The number of carboxylic acids is 1. The second-order valence-corrected chi connectivity index (χ2v) is 3.58. The topological polar surface area (TPSA) is 95.9 Å². The SMILES string of the molecule is COc1ccc(C(=O)O)cc1N1C(=O)CNC1=O. The van der Waals surface area contributed by atoms with E-state index < -0.39 is 17.9 Å². The predicted octanol–water partition coefficient (Wildman–Crippen LogP) is 0.450. The fourth-order valence-corrected chi connectivity index (χ4v) is 1.66. The number of amides is 3. The lowest BCUT2D eigenvalue weighted by Crippen LogP contribution is -2.31. The van der Waals surface area contributed by atoms with E-state index in [-0.39, 0.29) is 23.5 Å². The lowest BCUT2D eigenvalue weighted by Gasteiger charge is -2.16. The van der Waals surface area contributed by atoms with Gasteiger partial charge in [-0.2, -0.15) is 0 Å². The molecule has 0 unspecified atom stereocenters. The molecule has 7 heteroatoms. The van der Waals surface area contributed by atoms with Crippen molar-refractivity contribution in [2.75, 3.05) is 18.6 Å². The Hall–Kier alpha value is -2.57. The Bertz CT molecular complexity index is 524. The van der Waals surface area contributed by atoms with E-state index in [0.717, 1.165) is 4.90 Å². The summed E-state index contributed by atoms with van der Waals surface area (Å²) in [6, 6.07) is 3.37. The smallest absolute Gasteiger partial charge is 0.335 e. The van der Waals surface area contributed by atoms with Gasteiger partial charge in [-0.1, -0.05) is 0 Å². The zero-order chi connectivity index (χ0) is 13.3. The van der Waals surface area contributed by atoms with Crippen molar-refractivity contribution in [2.45, 2.75) is 0 Å². The first-order chi connectivity index (χ1) is 8.54. The van der Waals surface area contributed by atoms with Crippen LogP contribution in [-0.4, -0.2) is 36.7 Å². The van der Waals surface area contributed by atoms with E-state index in [9.17, 15) is 14.4 Å². The number of nitrogens with zero attached hydrogens (tertiary/aromatic N) is 1. The van der Waals surface area contributed by atoms with Gasteiger partial charge in [-0.05, 0) is 18.2 Å². The van der Waals surface area contributed by atoms with Crippen molar-refractivity contribution in [3.05, 3.63) is 23.8 Å². The van der Waals surface area contributed by atoms with Gasteiger partial charge in [-0.15, -0.1) is 0 Å². The number of methoxy groups -OCH3 is 1. The van der Waals surface area contributed by atoms with E-state index in [1.807, 2.05) is 0 Å². The molecule has 2 N–H and O–H groups in total. The lowest BCUT2D eigenvalue weighted by molar-refractivity contribution is -0.115. The first kappa shape index (κ1) is 11.9. The van der Waals surface area contributed by atoms with Gasteiger partial charge < -0.3 is 15.2 Å². The molecule has 1 aromatic rings. The molecule has 94 valence electrons. The predicted molar refractivity (Wildman–Crippen MR) is 60.8 cm³/mol. The molecule has 0 spiro atoms. The van der Waals surface area contributed by atoms with E-state index in [2.05, 4.69) is 5.32 Å². The van der Waals surface area contributed by atoms with Gasteiger partial charge in [0.15, 0.2) is 0 Å². The number of carboxylic acid groups (broad SMARTS) is 1. The minimum absolute atomic E-state index is 0.0294. The number of carbonyl (C=O) groups is 3. The van der Waals surface area contributed by atoms with Crippen LogP contribution in [0.2, 0.25) is 0 Å². The Balaban J connectivity index is 2.53. The van der Waals surface area contributed by atoms with Crippen molar-refractivity contribution in [2.24, 2.45) is 0 Å². The van der Waals surface area contributed by atoms with Crippen molar-refractivity contribution in [3.8, 4) is 5.75 Å². The van der Waals surface area contributed by atoms with E-state index in [1.54, 1.807) is 0 Å². The van der Waals surface area contributed by atoms with Gasteiger partial charge >= 0.3 is 12.0 Å². The standard InChI is InChI=1S/C11H10N2O5/c1-18-8-3-2-6(10(15)16)4-7(8)13-9(14)5-12-11(13)17/h2-4H,5H2,1H3,(H,12,17)(H,15,16). The third-order valence-corrected chi connectivity index (χ3v) is 2.51. The molecule has 18 heavy (non-hydrogen) atoms. The number of anilines is 1. The summed E-state index contributed by atoms with van der Waals surface area (Å²) in [5.41, 5.74) is 0.0932. The molecule has 0 saturated carbocycles. The average Bonchev–Trinajstić information content (AvgIpc) is 2.68. The minimum atomic E-state index is -1.15. The van der Waals surface area contributed by atoms with Crippen LogP contribution in [-0.2, 0) is 4.79 Å². The number of nitrogens with one attached hydrogen (secondary N) is 1. The molecule has 1 saturated heterocycles. The van der Waals surface area contributed by atoms with Gasteiger partial charge in [0.05, 0.1) is 24.9 Å². The van der Waals surface area contributed by atoms with E-state index >= 15 is 0 Å². The Kier molecular flexibility index (Phi) is 2.88. The normalized spacial score (nSPS) is 14.6. The molecule has 1 fully saturated rings. The monoisotopic (exact) mass is 250 g/mol. The third-order valence-electron chi connectivity index (χ3n) is 2.51. The molecule has 0 bridgehead atoms. The fraction of sp³-hybridized carbons (Fsp3) is 0.182. The van der Waals surface area contributed by atoms with Crippen molar-refractivity contribution in [1.29, 1.82) is 0 Å². The van der Waals surface area contributed by atoms with Gasteiger partial charge in [0, 0.05) is 0 Å². The van der Waals surface area contributed by atoms with Gasteiger partial charge in [0.1, 0.15) is 5.75 Å². The summed E-state index contributed by atoms with van der Waals surface area (Å²) < 4.78 is 5.02. The summed E-state index contributed by atoms with van der Waals surface area (Å²) in [4.78, 5) is 34.9. The molecule has 1 aliphatic rings. The third kappa shape index (κ3) is 1.86. The highest BCUT2D eigenvalue weighted by molar-refractivity contribution is 6.20. The molecule has 1 aromatic carbocycles. The minimum Gasteiger partial charge on any atom is -0.495 e. The van der Waals surface area contributed by atoms with Crippen LogP contribution in [0.15, 0.2) is 18.2 Å². The number of hydrogen-bond acceptors (Lipinski definition) is 4.